The van der Waals surface area contributed by atoms with Crippen molar-refractivity contribution >= 4 is 33.6 Å². The number of urea groups is 1. The average molecular weight is 383 g/mol. The molecule has 0 atom stereocenters. The number of carbonyl (C=O) groups excluding carboxylic acids is 2. The van der Waals surface area contributed by atoms with Gasteiger partial charge in [0, 0.05) is 16.7 Å². The van der Waals surface area contributed by atoms with Crippen LogP contribution in [0.4, 0.5) is 23.7 Å². The predicted molar refractivity (Wildman–Crippen MR) is 77.4 cm³/mol. The van der Waals surface area contributed by atoms with E-state index in [2.05, 4.69) is 31.3 Å². The van der Waals surface area contributed by atoms with Gasteiger partial charge in [-0.05, 0) is 25.1 Å². The molecule has 0 saturated heterocycles. The molecule has 1 aromatic rings. The van der Waals surface area contributed by atoms with Crippen LogP contribution in [0, 0.1) is 0 Å². The molecule has 0 aliphatic rings. The zero-order valence-corrected chi connectivity index (χ0v) is 13.2. The molecule has 0 fully saturated rings. The standard InChI is InChI=1S/C13H14BrF3N2O3/c1-2-22-11(20)5-6-18-12(21)19-8-3-4-10(14)9(7-8)13(15,16)17/h3-4,7H,2,5-6H2,1H3,(H2,18,19,21). The smallest absolute Gasteiger partial charge is 0.417 e. The molecular weight excluding hydrogens is 369 g/mol. The molecule has 0 saturated carbocycles. The van der Waals surface area contributed by atoms with E-state index in [1.807, 2.05) is 0 Å². The van der Waals surface area contributed by atoms with Crippen molar-refractivity contribution in [3.8, 4) is 0 Å². The van der Waals surface area contributed by atoms with E-state index in [-0.39, 0.29) is 29.7 Å². The number of alkyl halides is 3. The number of hydrogen-bond donors (Lipinski definition) is 2. The minimum Gasteiger partial charge on any atom is -0.466 e. The summed E-state index contributed by atoms with van der Waals surface area (Å²) in [4.78, 5) is 22.6. The van der Waals surface area contributed by atoms with Gasteiger partial charge in [-0.25, -0.2) is 4.79 Å². The van der Waals surface area contributed by atoms with Gasteiger partial charge in [-0.15, -0.1) is 0 Å². The zero-order valence-electron chi connectivity index (χ0n) is 11.6. The summed E-state index contributed by atoms with van der Waals surface area (Å²) in [6.45, 7) is 1.92. The monoisotopic (exact) mass is 382 g/mol. The molecular formula is C13H14BrF3N2O3. The van der Waals surface area contributed by atoms with Crippen LogP contribution in [-0.2, 0) is 15.7 Å². The van der Waals surface area contributed by atoms with Crippen molar-refractivity contribution in [2.24, 2.45) is 0 Å². The van der Waals surface area contributed by atoms with Gasteiger partial charge in [0.2, 0.25) is 0 Å². The van der Waals surface area contributed by atoms with Crippen molar-refractivity contribution in [3.05, 3.63) is 28.2 Å². The first-order chi connectivity index (χ1) is 10.2. The maximum absolute atomic E-state index is 12.7. The van der Waals surface area contributed by atoms with Gasteiger partial charge >= 0.3 is 18.2 Å². The predicted octanol–water partition coefficient (Wildman–Crippen LogP) is 3.54. The summed E-state index contributed by atoms with van der Waals surface area (Å²) in [6.07, 6.45) is -4.55. The summed E-state index contributed by atoms with van der Waals surface area (Å²) in [7, 11) is 0. The van der Waals surface area contributed by atoms with E-state index in [0.717, 1.165) is 6.07 Å². The normalized spacial score (nSPS) is 11.0. The minimum absolute atomic E-state index is 0.0100. The maximum Gasteiger partial charge on any atom is 0.417 e. The minimum atomic E-state index is -4.53. The first-order valence-corrected chi connectivity index (χ1v) is 7.10. The molecule has 0 aliphatic carbocycles. The van der Waals surface area contributed by atoms with Gasteiger partial charge in [0.15, 0.2) is 0 Å². The summed E-state index contributed by atoms with van der Waals surface area (Å²) in [5.74, 6) is -0.467. The Balaban J connectivity index is 2.57. The van der Waals surface area contributed by atoms with Crippen LogP contribution in [0.25, 0.3) is 0 Å². The van der Waals surface area contributed by atoms with Crippen molar-refractivity contribution in [2.45, 2.75) is 19.5 Å². The Morgan fingerprint density at radius 1 is 1.32 bits per heavy atom. The second-order valence-corrected chi connectivity index (χ2v) is 4.98. The molecule has 2 N–H and O–H groups in total. The topological polar surface area (TPSA) is 67.4 Å². The summed E-state index contributed by atoms with van der Waals surface area (Å²) >= 11 is 2.81. The number of hydrogen-bond acceptors (Lipinski definition) is 3. The van der Waals surface area contributed by atoms with Gasteiger partial charge in [-0.3, -0.25) is 4.79 Å². The SMILES string of the molecule is CCOC(=O)CCNC(=O)Nc1ccc(Br)c(C(F)(F)F)c1. The highest BCUT2D eigenvalue weighted by Crippen LogP contribution is 2.36. The Morgan fingerprint density at radius 3 is 2.59 bits per heavy atom. The van der Waals surface area contributed by atoms with Crippen LogP contribution >= 0.6 is 15.9 Å². The second-order valence-electron chi connectivity index (χ2n) is 4.13. The third-order valence-electron chi connectivity index (χ3n) is 2.45. The molecule has 0 bridgehead atoms. The van der Waals surface area contributed by atoms with Crippen molar-refractivity contribution < 1.29 is 27.5 Å². The van der Waals surface area contributed by atoms with Crippen LogP contribution in [0.2, 0.25) is 0 Å². The van der Waals surface area contributed by atoms with Gasteiger partial charge in [0.25, 0.3) is 0 Å². The molecule has 1 aromatic carbocycles. The molecule has 5 nitrogen and oxygen atoms in total. The quantitative estimate of drug-likeness (QED) is 0.765. The van der Waals surface area contributed by atoms with Crippen molar-refractivity contribution in [1.29, 1.82) is 0 Å². The summed E-state index contributed by atoms with van der Waals surface area (Å²) in [5, 5.41) is 4.61. The summed E-state index contributed by atoms with van der Waals surface area (Å²) in [6, 6.07) is 2.62. The molecule has 0 unspecified atom stereocenters. The first-order valence-electron chi connectivity index (χ1n) is 6.31. The highest BCUT2D eigenvalue weighted by molar-refractivity contribution is 9.10. The largest absolute Gasteiger partial charge is 0.466 e. The molecule has 0 radical (unpaired) electrons. The van der Waals surface area contributed by atoms with Crippen LogP contribution in [0.15, 0.2) is 22.7 Å². The Kier molecular flexibility index (Phi) is 6.66. The number of nitrogens with one attached hydrogen (secondary N) is 2. The lowest BCUT2D eigenvalue weighted by molar-refractivity contribution is -0.143. The van der Waals surface area contributed by atoms with E-state index in [1.165, 1.54) is 12.1 Å². The van der Waals surface area contributed by atoms with Crippen molar-refractivity contribution in [3.63, 3.8) is 0 Å². The van der Waals surface area contributed by atoms with Gasteiger partial charge < -0.3 is 15.4 Å². The lowest BCUT2D eigenvalue weighted by Crippen LogP contribution is -2.31. The Labute approximate surface area is 133 Å². The van der Waals surface area contributed by atoms with Crippen LogP contribution in [0.1, 0.15) is 18.9 Å². The molecule has 0 aliphatic heterocycles. The fraction of sp³-hybridized carbons (Fsp3) is 0.385. The lowest BCUT2D eigenvalue weighted by Gasteiger charge is -2.12. The zero-order chi connectivity index (χ0) is 16.8. The Hall–Kier alpha value is -1.77. The fourth-order valence-electron chi connectivity index (χ4n) is 1.51. The van der Waals surface area contributed by atoms with E-state index in [9.17, 15) is 22.8 Å². The van der Waals surface area contributed by atoms with E-state index in [4.69, 9.17) is 0 Å². The van der Waals surface area contributed by atoms with Crippen molar-refractivity contribution in [1.82, 2.24) is 5.32 Å². The van der Waals surface area contributed by atoms with Crippen LogP contribution in [0.3, 0.4) is 0 Å². The van der Waals surface area contributed by atoms with Gasteiger partial charge in [0.05, 0.1) is 18.6 Å². The van der Waals surface area contributed by atoms with Gasteiger partial charge in [-0.2, -0.15) is 13.2 Å². The van der Waals surface area contributed by atoms with Gasteiger partial charge in [0.1, 0.15) is 0 Å². The molecule has 2 amide bonds. The Morgan fingerprint density at radius 2 is 2.00 bits per heavy atom. The lowest BCUT2D eigenvalue weighted by atomic mass is 10.2. The highest BCUT2D eigenvalue weighted by Gasteiger charge is 2.33. The molecule has 0 aromatic heterocycles. The van der Waals surface area contributed by atoms with E-state index >= 15 is 0 Å². The van der Waals surface area contributed by atoms with E-state index < -0.39 is 23.7 Å². The average Bonchev–Trinajstić information content (AvgIpc) is 2.40. The molecule has 9 heteroatoms. The number of amides is 2. The van der Waals surface area contributed by atoms with Gasteiger partial charge in [-0.1, -0.05) is 15.9 Å². The number of esters is 1. The molecule has 1 rings (SSSR count). The number of ether oxygens (including phenoxy) is 1. The summed E-state index contributed by atoms with van der Waals surface area (Å²) in [5.41, 5.74) is -0.902. The Bertz CT molecular complexity index is 550. The van der Waals surface area contributed by atoms with E-state index in [0.29, 0.717) is 0 Å². The van der Waals surface area contributed by atoms with Crippen LogP contribution < -0.4 is 10.6 Å². The van der Waals surface area contributed by atoms with Crippen LogP contribution in [0.5, 0.6) is 0 Å². The first kappa shape index (κ1) is 18.3. The molecule has 0 spiro atoms. The highest BCUT2D eigenvalue weighted by atomic mass is 79.9. The summed E-state index contributed by atoms with van der Waals surface area (Å²) < 4.78 is 42.7. The maximum atomic E-state index is 12.7. The third-order valence-corrected chi connectivity index (χ3v) is 3.14. The van der Waals surface area contributed by atoms with E-state index in [1.54, 1.807) is 6.92 Å². The van der Waals surface area contributed by atoms with Crippen molar-refractivity contribution in [2.75, 3.05) is 18.5 Å². The third kappa shape index (κ3) is 5.92. The molecule has 122 valence electrons. The number of carbonyl (C=O) groups is 2. The second kappa shape index (κ2) is 8.02. The molecule has 0 heterocycles. The number of benzene rings is 1. The number of anilines is 1. The molecule has 22 heavy (non-hydrogen) atoms. The number of rotatable bonds is 5. The van der Waals surface area contributed by atoms with Crippen LogP contribution in [-0.4, -0.2) is 25.2 Å². The fourth-order valence-corrected chi connectivity index (χ4v) is 1.98. The number of halogens is 4.